The van der Waals surface area contributed by atoms with Crippen molar-refractivity contribution in [3.8, 4) is 23.2 Å². The van der Waals surface area contributed by atoms with E-state index in [1.165, 1.54) is 12.4 Å². The van der Waals surface area contributed by atoms with Gasteiger partial charge in [-0.05, 0) is 50.0 Å². The summed E-state index contributed by atoms with van der Waals surface area (Å²) in [5.74, 6) is 8.72. The molecule has 3 aromatic heterocycles. The Kier molecular flexibility index (Phi) is 6.32. The van der Waals surface area contributed by atoms with Gasteiger partial charge < -0.3 is 15.3 Å². The Morgan fingerprint density at radius 1 is 1.13 bits per heavy atom. The van der Waals surface area contributed by atoms with Gasteiger partial charge in [-0.3, -0.25) is 0 Å². The van der Waals surface area contributed by atoms with Crippen molar-refractivity contribution in [1.82, 2.24) is 24.1 Å². The van der Waals surface area contributed by atoms with Gasteiger partial charge in [-0.1, -0.05) is 18.8 Å². The van der Waals surface area contributed by atoms with E-state index in [0.717, 1.165) is 54.1 Å². The van der Waals surface area contributed by atoms with Crippen molar-refractivity contribution in [2.24, 2.45) is 11.3 Å². The van der Waals surface area contributed by atoms with Gasteiger partial charge in [0.2, 0.25) is 0 Å². The molecule has 3 fully saturated rings. The van der Waals surface area contributed by atoms with E-state index in [2.05, 4.69) is 49.0 Å². The Balaban J connectivity index is 1.24. The monoisotopic (exact) mass is 533 g/mol. The quantitative estimate of drug-likeness (QED) is 0.440. The Morgan fingerprint density at radius 2 is 1.92 bits per heavy atom. The first-order valence-electron chi connectivity index (χ1n) is 13.1. The van der Waals surface area contributed by atoms with Crippen LogP contribution in [0, 0.1) is 23.2 Å². The molecule has 11 heteroatoms. The summed E-state index contributed by atoms with van der Waals surface area (Å²) in [4.78, 5) is 15.8. The van der Waals surface area contributed by atoms with Gasteiger partial charge in [0.05, 0.1) is 34.5 Å². The second-order valence-electron chi connectivity index (χ2n) is 10.8. The first-order valence-corrected chi connectivity index (χ1v) is 14.6. The lowest BCUT2D eigenvalue weighted by atomic mass is 9.81. The van der Waals surface area contributed by atoms with E-state index in [1.807, 2.05) is 12.3 Å². The lowest BCUT2D eigenvalue weighted by molar-refractivity contribution is 0.115. The molecule has 3 aliphatic rings. The number of aliphatic hydroxyl groups excluding tert-OH is 1. The Labute approximate surface area is 222 Å². The standard InChI is InChI=1S/C27H31N7O3S/c1-27(18-35)9-12-33(13-10-27)23-14-25(29-15-20(23)5-4-19-2-3-19)31-24-8-11-28-26(32-24)21-16-30-34(17-21)38(36,37)22-6-7-22/h8,11,14-17,19,22,35H,2-3,6-7,9-10,12-13,18H2,1H3,(H,28,29,31,32). The van der Waals surface area contributed by atoms with Crippen molar-refractivity contribution in [3.05, 3.63) is 42.5 Å². The first-order chi connectivity index (χ1) is 18.3. The molecule has 3 aromatic rings. The van der Waals surface area contributed by atoms with Crippen molar-refractivity contribution < 1.29 is 13.5 Å². The van der Waals surface area contributed by atoms with E-state index < -0.39 is 10.0 Å². The topological polar surface area (TPSA) is 126 Å². The molecule has 2 N–H and O–H groups in total. The van der Waals surface area contributed by atoms with E-state index in [-0.39, 0.29) is 17.3 Å². The SMILES string of the molecule is CC1(CO)CCN(c2cc(Nc3ccnc(-c4cnn(S(=O)(=O)C5CC5)c4)n3)ncc2C#CC2CC2)CC1. The average molecular weight is 534 g/mol. The van der Waals surface area contributed by atoms with Crippen molar-refractivity contribution in [1.29, 1.82) is 0 Å². The van der Waals surface area contributed by atoms with Crippen LogP contribution in [0.4, 0.5) is 17.3 Å². The Morgan fingerprint density at radius 3 is 2.63 bits per heavy atom. The maximum Gasteiger partial charge on any atom is 0.256 e. The van der Waals surface area contributed by atoms with Crippen LogP contribution >= 0.6 is 0 Å². The van der Waals surface area contributed by atoms with Crippen LogP contribution in [0.25, 0.3) is 11.4 Å². The molecule has 0 bridgehead atoms. The fourth-order valence-corrected chi connectivity index (χ4v) is 5.98. The number of nitrogens with zero attached hydrogens (tertiary/aromatic N) is 6. The van der Waals surface area contributed by atoms with Crippen molar-refractivity contribution in [2.75, 3.05) is 29.9 Å². The van der Waals surface area contributed by atoms with Crippen LogP contribution < -0.4 is 10.2 Å². The predicted octanol–water partition coefficient (Wildman–Crippen LogP) is 3.18. The zero-order chi connectivity index (χ0) is 26.3. The normalized spacial score (nSPS) is 19.1. The summed E-state index contributed by atoms with van der Waals surface area (Å²) in [6, 6.07) is 3.74. The summed E-state index contributed by atoms with van der Waals surface area (Å²) in [6.07, 6.45) is 11.8. The fourth-order valence-electron chi connectivity index (χ4n) is 4.50. The second-order valence-corrected chi connectivity index (χ2v) is 12.9. The molecule has 4 heterocycles. The zero-order valence-corrected chi connectivity index (χ0v) is 22.2. The highest BCUT2D eigenvalue weighted by Crippen LogP contribution is 2.35. The average Bonchev–Trinajstić information content (AvgIpc) is 3.87. The van der Waals surface area contributed by atoms with E-state index in [0.29, 0.717) is 41.8 Å². The van der Waals surface area contributed by atoms with Gasteiger partial charge in [0.15, 0.2) is 5.82 Å². The number of aliphatic hydroxyl groups is 1. The highest BCUT2D eigenvalue weighted by Gasteiger charge is 2.37. The van der Waals surface area contributed by atoms with Gasteiger partial charge in [-0.15, -0.1) is 0 Å². The lowest BCUT2D eigenvalue weighted by Gasteiger charge is -2.39. The van der Waals surface area contributed by atoms with Gasteiger partial charge >= 0.3 is 0 Å². The summed E-state index contributed by atoms with van der Waals surface area (Å²) in [6.45, 7) is 4.00. The third-order valence-corrected chi connectivity index (χ3v) is 9.53. The van der Waals surface area contributed by atoms with Crippen LogP contribution in [-0.4, -0.2) is 62.6 Å². The third kappa shape index (κ3) is 5.24. The minimum Gasteiger partial charge on any atom is -0.396 e. The van der Waals surface area contributed by atoms with E-state index in [1.54, 1.807) is 12.3 Å². The zero-order valence-electron chi connectivity index (χ0n) is 21.3. The number of rotatable bonds is 7. The van der Waals surface area contributed by atoms with Gasteiger partial charge in [0.25, 0.3) is 10.0 Å². The predicted molar refractivity (Wildman–Crippen MR) is 144 cm³/mol. The summed E-state index contributed by atoms with van der Waals surface area (Å²) in [7, 11) is -3.45. The molecule has 0 amide bonds. The van der Waals surface area contributed by atoms with Gasteiger partial charge in [0.1, 0.15) is 11.6 Å². The highest BCUT2D eigenvalue weighted by molar-refractivity contribution is 7.90. The minimum atomic E-state index is -3.45. The number of hydrogen-bond acceptors (Lipinski definition) is 9. The van der Waals surface area contributed by atoms with Crippen LogP contribution in [0.15, 0.2) is 36.9 Å². The van der Waals surface area contributed by atoms with Crippen molar-refractivity contribution in [3.63, 3.8) is 0 Å². The number of nitrogens with one attached hydrogen (secondary N) is 1. The second kappa shape index (κ2) is 9.67. The number of hydrogen-bond donors (Lipinski definition) is 2. The first kappa shape index (κ1) is 24.8. The van der Waals surface area contributed by atoms with E-state index >= 15 is 0 Å². The van der Waals surface area contributed by atoms with Gasteiger partial charge in [-0.25, -0.2) is 23.4 Å². The highest BCUT2D eigenvalue weighted by atomic mass is 32.2. The molecule has 0 spiro atoms. The lowest BCUT2D eigenvalue weighted by Crippen LogP contribution is -2.40. The summed E-state index contributed by atoms with van der Waals surface area (Å²) in [5, 5.41) is 16.8. The molecular weight excluding hydrogens is 502 g/mol. The van der Waals surface area contributed by atoms with E-state index in [4.69, 9.17) is 0 Å². The summed E-state index contributed by atoms with van der Waals surface area (Å²) >= 11 is 0. The molecule has 6 rings (SSSR count). The number of piperidine rings is 1. The van der Waals surface area contributed by atoms with Gasteiger partial charge in [0, 0.05) is 44.1 Å². The van der Waals surface area contributed by atoms with Crippen LogP contribution in [0.2, 0.25) is 0 Å². The summed E-state index contributed by atoms with van der Waals surface area (Å²) in [5.41, 5.74) is 2.41. The van der Waals surface area contributed by atoms with E-state index in [9.17, 15) is 13.5 Å². The number of aromatic nitrogens is 5. The molecular formula is C27H31N7O3S. The summed E-state index contributed by atoms with van der Waals surface area (Å²) < 4.78 is 26.0. The molecule has 0 radical (unpaired) electrons. The third-order valence-electron chi connectivity index (χ3n) is 7.50. The maximum absolute atomic E-state index is 12.5. The van der Waals surface area contributed by atoms with Crippen LogP contribution in [0.5, 0.6) is 0 Å². The smallest absolute Gasteiger partial charge is 0.256 e. The van der Waals surface area contributed by atoms with Crippen LogP contribution in [0.1, 0.15) is 51.0 Å². The van der Waals surface area contributed by atoms with Crippen LogP contribution in [0.3, 0.4) is 0 Å². The molecule has 0 atom stereocenters. The Bertz CT molecular complexity index is 1510. The molecule has 2 saturated carbocycles. The van der Waals surface area contributed by atoms with Crippen molar-refractivity contribution >= 4 is 27.3 Å². The van der Waals surface area contributed by atoms with Crippen LogP contribution in [-0.2, 0) is 10.0 Å². The molecule has 38 heavy (non-hydrogen) atoms. The molecule has 10 nitrogen and oxygen atoms in total. The van der Waals surface area contributed by atoms with Gasteiger partial charge in [-0.2, -0.15) is 9.19 Å². The minimum absolute atomic E-state index is 0.0480. The molecule has 1 saturated heterocycles. The molecule has 198 valence electrons. The number of pyridine rings is 1. The van der Waals surface area contributed by atoms with Crippen molar-refractivity contribution in [2.45, 2.75) is 50.7 Å². The Hall–Kier alpha value is -3.49. The fraction of sp³-hybridized carbons (Fsp3) is 0.481. The maximum atomic E-state index is 12.5. The molecule has 2 aliphatic carbocycles. The molecule has 0 unspecified atom stereocenters. The molecule has 1 aliphatic heterocycles. The molecule has 0 aromatic carbocycles. The largest absolute Gasteiger partial charge is 0.396 e. The number of anilines is 3.